The van der Waals surface area contributed by atoms with Gasteiger partial charge < -0.3 is 10.4 Å². The Balaban J connectivity index is 2.07. The molecule has 0 saturated heterocycles. The van der Waals surface area contributed by atoms with E-state index >= 15 is 0 Å². The minimum absolute atomic E-state index is 0.270. The summed E-state index contributed by atoms with van der Waals surface area (Å²) in [6.45, 7) is 0. The fraction of sp³-hybridized carbons (Fsp3) is 0.462. The monoisotopic (exact) mass is 251 g/mol. The Morgan fingerprint density at radius 3 is 2.76 bits per heavy atom. The lowest BCUT2D eigenvalue weighted by Crippen LogP contribution is -2.40. The van der Waals surface area contributed by atoms with Gasteiger partial charge in [-0.15, -0.1) is 11.8 Å². The van der Waals surface area contributed by atoms with Crippen LogP contribution < -0.4 is 5.32 Å². The van der Waals surface area contributed by atoms with Crippen LogP contribution in [0.4, 0.5) is 5.69 Å². The number of carbonyl (C=O) groups excluding carboxylic acids is 1. The quantitative estimate of drug-likeness (QED) is 0.812. The Morgan fingerprint density at radius 2 is 2.12 bits per heavy atom. The van der Waals surface area contributed by atoms with Crippen LogP contribution in [0.3, 0.4) is 0 Å². The van der Waals surface area contributed by atoms with Crippen molar-refractivity contribution in [3.05, 3.63) is 24.3 Å². The second kappa shape index (κ2) is 5.10. The maximum Gasteiger partial charge on any atom is 0.256 e. The third kappa shape index (κ3) is 2.82. The van der Waals surface area contributed by atoms with Gasteiger partial charge in [0, 0.05) is 10.6 Å². The molecule has 92 valence electrons. The zero-order valence-electron chi connectivity index (χ0n) is 9.90. The fourth-order valence-corrected chi connectivity index (χ4v) is 2.59. The normalized spacial score (nSPS) is 18.0. The molecule has 0 aromatic heterocycles. The lowest BCUT2D eigenvalue weighted by molar-refractivity contribution is -0.133. The SMILES string of the molecule is CSc1cccc(NC(=O)C2(O)CCCC2)c1. The molecule has 0 atom stereocenters. The molecule has 1 aromatic carbocycles. The van der Waals surface area contributed by atoms with E-state index < -0.39 is 5.60 Å². The molecule has 1 fully saturated rings. The smallest absolute Gasteiger partial charge is 0.256 e. The molecule has 0 unspecified atom stereocenters. The highest BCUT2D eigenvalue weighted by Crippen LogP contribution is 2.30. The van der Waals surface area contributed by atoms with Crippen LogP contribution in [-0.4, -0.2) is 22.9 Å². The van der Waals surface area contributed by atoms with Crippen LogP contribution in [0, 0.1) is 0 Å². The molecule has 1 aromatic rings. The number of carbonyl (C=O) groups is 1. The molecule has 4 heteroatoms. The molecule has 1 aliphatic carbocycles. The van der Waals surface area contributed by atoms with Crippen molar-refractivity contribution >= 4 is 23.4 Å². The van der Waals surface area contributed by atoms with Crippen LogP contribution in [0.25, 0.3) is 0 Å². The highest BCUT2D eigenvalue weighted by molar-refractivity contribution is 7.98. The van der Waals surface area contributed by atoms with E-state index in [-0.39, 0.29) is 5.91 Å². The molecule has 2 N–H and O–H groups in total. The summed E-state index contributed by atoms with van der Waals surface area (Å²) in [7, 11) is 0. The Labute approximate surface area is 106 Å². The maximum atomic E-state index is 12.0. The van der Waals surface area contributed by atoms with Gasteiger partial charge in [0.05, 0.1) is 0 Å². The van der Waals surface area contributed by atoms with E-state index in [1.165, 1.54) is 0 Å². The molecule has 17 heavy (non-hydrogen) atoms. The molecule has 0 aliphatic heterocycles. The van der Waals surface area contributed by atoms with Crippen molar-refractivity contribution in [2.75, 3.05) is 11.6 Å². The molecule has 0 heterocycles. The summed E-state index contributed by atoms with van der Waals surface area (Å²) in [5, 5.41) is 12.9. The Morgan fingerprint density at radius 1 is 1.41 bits per heavy atom. The Kier molecular flexibility index (Phi) is 3.74. The Hall–Kier alpha value is -1.00. The predicted octanol–water partition coefficient (Wildman–Crippen LogP) is 2.65. The summed E-state index contributed by atoms with van der Waals surface area (Å²) in [5.41, 5.74) is -0.405. The summed E-state index contributed by atoms with van der Waals surface area (Å²) in [6, 6.07) is 7.65. The van der Waals surface area contributed by atoms with Crippen LogP contribution in [-0.2, 0) is 4.79 Å². The van der Waals surface area contributed by atoms with E-state index in [1.54, 1.807) is 11.8 Å². The molecule has 1 amide bonds. The van der Waals surface area contributed by atoms with E-state index in [0.29, 0.717) is 12.8 Å². The van der Waals surface area contributed by atoms with Crippen molar-refractivity contribution in [1.29, 1.82) is 0 Å². The first kappa shape index (κ1) is 12.5. The topological polar surface area (TPSA) is 49.3 Å². The minimum atomic E-state index is -1.16. The zero-order chi connectivity index (χ0) is 12.3. The zero-order valence-corrected chi connectivity index (χ0v) is 10.7. The molecule has 1 aliphatic rings. The third-order valence-electron chi connectivity index (χ3n) is 3.18. The summed E-state index contributed by atoms with van der Waals surface area (Å²) < 4.78 is 0. The van der Waals surface area contributed by atoms with E-state index in [9.17, 15) is 9.90 Å². The van der Waals surface area contributed by atoms with Crippen molar-refractivity contribution < 1.29 is 9.90 Å². The average Bonchev–Trinajstić information content (AvgIpc) is 2.78. The molecule has 0 bridgehead atoms. The second-order valence-electron chi connectivity index (χ2n) is 4.42. The molecule has 0 spiro atoms. The number of benzene rings is 1. The predicted molar refractivity (Wildman–Crippen MR) is 70.3 cm³/mol. The van der Waals surface area contributed by atoms with Gasteiger partial charge in [-0.3, -0.25) is 4.79 Å². The average molecular weight is 251 g/mol. The number of thioether (sulfide) groups is 1. The largest absolute Gasteiger partial charge is 0.380 e. The summed E-state index contributed by atoms with van der Waals surface area (Å²) in [5.74, 6) is -0.270. The van der Waals surface area contributed by atoms with E-state index in [0.717, 1.165) is 23.4 Å². The van der Waals surface area contributed by atoms with Gasteiger partial charge in [-0.2, -0.15) is 0 Å². The lowest BCUT2D eigenvalue weighted by atomic mass is 10.0. The van der Waals surface area contributed by atoms with E-state index in [1.807, 2.05) is 30.5 Å². The van der Waals surface area contributed by atoms with Crippen LogP contribution in [0.2, 0.25) is 0 Å². The van der Waals surface area contributed by atoms with Crippen molar-refractivity contribution in [2.24, 2.45) is 0 Å². The summed E-state index contributed by atoms with van der Waals surface area (Å²) in [4.78, 5) is 13.1. The van der Waals surface area contributed by atoms with Crippen LogP contribution in [0.15, 0.2) is 29.2 Å². The molecule has 1 saturated carbocycles. The minimum Gasteiger partial charge on any atom is -0.380 e. The number of rotatable bonds is 3. The van der Waals surface area contributed by atoms with Gasteiger partial charge in [0.2, 0.25) is 0 Å². The van der Waals surface area contributed by atoms with Gasteiger partial charge in [0.1, 0.15) is 5.60 Å². The van der Waals surface area contributed by atoms with Crippen molar-refractivity contribution in [3.8, 4) is 0 Å². The van der Waals surface area contributed by atoms with E-state index in [4.69, 9.17) is 0 Å². The number of amides is 1. The maximum absolute atomic E-state index is 12.0. The molecule has 3 nitrogen and oxygen atoms in total. The molecular weight excluding hydrogens is 234 g/mol. The highest BCUT2D eigenvalue weighted by Gasteiger charge is 2.38. The van der Waals surface area contributed by atoms with Gasteiger partial charge in [0.15, 0.2) is 0 Å². The second-order valence-corrected chi connectivity index (χ2v) is 5.30. The van der Waals surface area contributed by atoms with Crippen LogP contribution >= 0.6 is 11.8 Å². The van der Waals surface area contributed by atoms with Crippen molar-refractivity contribution in [1.82, 2.24) is 0 Å². The number of nitrogens with one attached hydrogen (secondary N) is 1. The number of anilines is 1. The van der Waals surface area contributed by atoms with Gasteiger partial charge in [-0.1, -0.05) is 6.07 Å². The van der Waals surface area contributed by atoms with Gasteiger partial charge in [0.25, 0.3) is 5.91 Å². The number of hydrogen-bond donors (Lipinski definition) is 2. The first-order valence-corrected chi connectivity index (χ1v) is 7.04. The van der Waals surface area contributed by atoms with Gasteiger partial charge in [-0.05, 0) is 50.1 Å². The standard InChI is InChI=1S/C13H17NO2S/c1-17-11-6-4-5-10(9-11)14-12(15)13(16)7-2-3-8-13/h4-6,9,16H,2-3,7-8H2,1H3,(H,14,15). The number of aliphatic hydroxyl groups is 1. The molecule has 0 radical (unpaired) electrons. The van der Waals surface area contributed by atoms with E-state index in [2.05, 4.69) is 5.32 Å². The van der Waals surface area contributed by atoms with Crippen LogP contribution in [0.1, 0.15) is 25.7 Å². The summed E-state index contributed by atoms with van der Waals surface area (Å²) >= 11 is 1.63. The van der Waals surface area contributed by atoms with Crippen LogP contribution in [0.5, 0.6) is 0 Å². The first-order valence-electron chi connectivity index (χ1n) is 5.82. The molecule has 2 rings (SSSR count). The lowest BCUT2D eigenvalue weighted by Gasteiger charge is -2.21. The summed E-state index contributed by atoms with van der Waals surface area (Å²) in [6.07, 6.45) is 4.98. The Bertz CT molecular complexity index is 414. The highest BCUT2D eigenvalue weighted by atomic mass is 32.2. The van der Waals surface area contributed by atoms with Gasteiger partial charge in [-0.25, -0.2) is 0 Å². The van der Waals surface area contributed by atoms with Gasteiger partial charge >= 0.3 is 0 Å². The van der Waals surface area contributed by atoms with Crippen molar-refractivity contribution in [3.63, 3.8) is 0 Å². The number of hydrogen-bond acceptors (Lipinski definition) is 3. The molecular formula is C13H17NO2S. The third-order valence-corrected chi connectivity index (χ3v) is 3.91. The van der Waals surface area contributed by atoms with Crippen molar-refractivity contribution in [2.45, 2.75) is 36.2 Å². The first-order chi connectivity index (χ1) is 8.14. The fourth-order valence-electron chi connectivity index (χ4n) is 2.14.